The van der Waals surface area contributed by atoms with Crippen molar-refractivity contribution < 1.29 is 22.4 Å². The first kappa shape index (κ1) is 14.4. The third kappa shape index (κ3) is 3.75. The number of benzene rings is 1. The van der Waals surface area contributed by atoms with Gasteiger partial charge in [0, 0.05) is 6.54 Å². The first-order valence-corrected chi connectivity index (χ1v) is 7.34. The van der Waals surface area contributed by atoms with Crippen LogP contribution < -0.4 is 15.4 Å². The number of urea groups is 1. The first-order valence-electron chi connectivity index (χ1n) is 5.69. The molecule has 1 aliphatic heterocycles. The number of carbonyl (C=O) groups is 2. The summed E-state index contributed by atoms with van der Waals surface area (Å²) < 4.78 is 38.5. The van der Waals surface area contributed by atoms with E-state index in [4.69, 9.17) is 0 Å². The van der Waals surface area contributed by atoms with Crippen molar-refractivity contribution >= 4 is 22.0 Å². The van der Waals surface area contributed by atoms with E-state index in [9.17, 15) is 22.4 Å². The van der Waals surface area contributed by atoms with Gasteiger partial charge in [0.1, 0.15) is 11.9 Å². The van der Waals surface area contributed by atoms with Crippen molar-refractivity contribution in [3.05, 3.63) is 35.6 Å². The predicted molar refractivity (Wildman–Crippen MR) is 67.5 cm³/mol. The van der Waals surface area contributed by atoms with Gasteiger partial charge in [0.05, 0.1) is 5.75 Å². The van der Waals surface area contributed by atoms with Gasteiger partial charge >= 0.3 is 6.03 Å². The average Bonchev–Trinajstić information content (AvgIpc) is 2.68. The fourth-order valence-corrected chi connectivity index (χ4v) is 2.82. The van der Waals surface area contributed by atoms with E-state index in [1.807, 2.05) is 5.32 Å². The maximum absolute atomic E-state index is 12.7. The summed E-state index contributed by atoms with van der Waals surface area (Å²) >= 11 is 0. The van der Waals surface area contributed by atoms with E-state index < -0.39 is 33.8 Å². The second kappa shape index (κ2) is 5.55. The highest BCUT2D eigenvalue weighted by atomic mass is 32.2. The van der Waals surface area contributed by atoms with Gasteiger partial charge in [-0.3, -0.25) is 10.1 Å². The van der Waals surface area contributed by atoms with Gasteiger partial charge in [-0.25, -0.2) is 22.3 Å². The lowest BCUT2D eigenvalue weighted by molar-refractivity contribution is -0.120. The standard InChI is InChI=1S/C11H12FN3O4S/c12-8-3-1-7(2-4-8)6-20(18,19)13-5-9-10(16)15-11(17)14-9/h1-4,9,13H,5-6H2,(H2,14,15,16,17). The summed E-state index contributed by atoms with van der Waals surface area (Å²) in [6, 6.07) is 3.46. The van der Waals surface area contributed by atoms with Crippen LogP contribution in [0.2, 0.25) is 0 Å². The van der Waals surface area contributed by atoms with Crippen LogP contribution in [0.5, 0.6) is 0 Å². The Morgan fingerprint density at radius 2 is 1.85 bits per heavy atom. The quantitative estimate of drug-likeness (QED) is 0.635. The number of amides is 3. The first-order chi connectivity index (χ1) is 9.35. The van der Waals surface area contributed by atoms with E-state index in [1.165, 1.54) is 12.1 Å². The number of rotatable bonds is 5. The Labute approximate surface area is 114 Å². The summed E-state index contributed by atoms with van der Waals surface area (Å²) in [5.41, 5.74) is 0.416. The lowest BCUT2D eigenvalue weighted by Crippen LogP contribution is -2.41. The average molecular weight is 301 g/mol. The van der Waals surface area contributed by atoms with Gasteiger partial charge in [-0.05, 0) is 17.7 Å². The Bertz CT molecular complexity index is 630. The minimum absolute atomic E-state index is 0.235. The summed E-state index contributed by atoms with van der Waals surface area (Å²) in [6.45, 7) is -0.235. The second-order valence-corrected chi connectivity index (χ2v) is 6.06. The highest BCUT2D eigenvalue weighted by Gasteiger charge is 2.30. The number of hydrogen-bond acceptors (Lipinski definition) is 4. The number of nitrogens with one attached hydrogen (secondary N) is 3. The number of hydrogen-bond donors (Lipinski definition) is 3. The Hall–Kier alpha value is -2.00. The van der Waals surface area contributed by atoms with Gasteiger partial charge in [0.15, 0.2) is 0 Å². The van der Waals surface area contributed by atoms with Crippen molar-refractivity contribution in [2.24, 2.45) is 0 Å². The summed E-state index contributed by atoms with van der Waals surface area (Å²) in [5, 5.41) is 4.26. The van der Waals surface area contributed by atoms with Crippen LogP contribution in [0.15, 0.2) is 24.3 Å². The number of halogens is 1. The fourth-order valence-electron chi connectivity index (χ4n) is 1.66. The molecule has 0 bridgehead atoms. The number of carbonyl (C=O) groups excluding carboxylic acids is 2. The molecule has 0 radical (unpaired) electrons. The lowest BCUT2D eigenvalue weighted by Gasteiger charge is -2.10. The number of imide groups is 1. The van der Waals surface area contributed by atoms with Crippen molar-refractivity contribution in [1.29, 1.82) is 0 Å². The second-order valence-electron chi connectivity index (χ2n) is 4.25. The molecule has 1 fully saturated rings. The Kier molecular flexibility index (Phi) is 4.00. The van der Waals surface area contributed by atoms with Gasteiger partial charge < -0.3 is 5.32 Å². The topological polar surface area (TPSA) is 104 Å². The van der Waals surface area contributed by atoms with Crippen LogP contribution in [0.1, 0.15) is 5.56 Å². The molecule has 0 aromatic heterocycles. The minimum atomic E-state index is -3.68. The van der Waals surface area contributed by atoms with E-state index in [2.05, 4.69) is 10.0 Å². The molecule has 1 heterocycles. The summed E-state index contributed by atoms with van der Waals surface area (Å²) in [4.78, 5) is 22.1. The molecule has 1 aromatic rings. The van der Waals surface area contributed by atoms with Gasteiger partial charge in [-0.1, -0.05) is 12.1 Å². The molecule has 0 saturated carbocycles. The highest BCUT2D eigenvalue weighted by Crippen LogP contribution is 2.06. The Morgan fingerprint density at radius 3 is 2.40 bits per heavy atom. The van der Waals surface area contributed by atoms with Crippen molar-refractivity contribution in [1.82, 2.24) is 15.4 Å². The van der Waals surface area contributed by atoms with Crippen molar-refractivity contribution in [3.63, 3.8) is 0 Å². The molecule has 3 amide bonds. The zero-order valence-corrected chi connectivity index (χ0v) is 11.0. The normalized spacial score (nSPS) is 18.8. The molecule has 9 heteroatoms. The minimum Gasteiger partial charge on any atom is -0.325 e. The zero-order chi connectivity index (χ0) is 14.8. The molecule has 2 rings (SSSR count). The molecule has 1 aromatic carbocycles. The van der Waals surface area contributed by atoms with E-state index >= 15 is 0 Å². The van der Waals surface area contributed by atoms with Crippen LogP contribution in [0.4, 0.5) is 9.18 Å². The zero-order valence-electron chi connectivity index (χ0n) is 10.2. The molecular weight excluding hydrogens is 289 g/mol. The van der Waals surface area contributed by atoms with E-state index in [0.717, 1.165) is 12.1 Å². The number of sulfonamides is 1. The Balaban J connectivity index is 1.93. The van der Waals surface area contributed by atoms with Crippen molar-refractivity contribution in [2.75, 3.05) is 6.54 Å². The SMILES string of the molecule is O=C1NC(=O)C(CNS(=O)(=O)Cc2ccc(F)cc2)N1. The van der Waals surface area contributed by atoms with Gasteiger partial charge in [-0.15, -0.1) is 0 Å². The van der Waals surface area contributed by atoms with E-state index in [1.54, 1.807) is 0 Å². The largest absolute Gasteiger partial charge is 0.325 e. The molecule has 0 aliphatic carbocycles. The third-order valence-corrected chi connectivity index (χ3v) is 3.96. The van der Waals surface area contributed by atoms with Crippen LogP contribution >= 0.6 is 0 Å². The third-order valence-electron chi connectivity index (χ3n) is 2.64. The molecule has 0 spiro atoms. The summed E-state index contributed by atoms with van der Waals surface area (Å²) in [5.74, 6) is -1.38. The monoisotopic (exact) mass is 301 g/mol. The highest BCUT2D eigenvalue weighted by molar-refractivity contribution is 7.88. The molecule has 1 atom stereocenters. The molecule has 3 N–H and O–H groups in total. The maximum atomic E-state index is 12.7. The molecular formula is C11H12FN3O4S. The lowest BCUT2D eigenvalue weighted by atomic mass is 10.2. The molecule has 20 heavy (non-hydrogen) atoms. The van der Waals surface area contributed by atoms with E-state index in [0.29, 0.717) is 5.56 Å². The molecule has 1 saturated heterocycles. The van der Waals surface area contributed by atoms with Crippen LogP contribution in [-0.4, -0.2) is 32.9 Å². The summed E-state index contributed by atoms with van der Waals surface area (Å²) in [7, 11) is -3.68. The van der Waals surface area contributed by atoms with Gasteiger partial charge in [0.25, 0.3) is 5.91 Å². The Morgan fingerprint density at radius 1 is 1.20 bits per heavy atom. The smallest absolute Gasteiger partial charge is 0.322 e. The van der Waals surface area contributed by atoms with Gasteiger partial charge in [0.2, 0.25) is 10.0 Å². The van der Waals surface area contributed by atoms with Crippen LogP contribution in [0, 0.1) is 5.82 Å². The molecule has 1 aliphatic rings. The molecule has 1 unspecified atom stereocenters. The van der Waals surface area contributed by atoms with Crippen LogP contribution in [0.25, 0.3) is 0 Å². The fraction of sp³-hybridized carbons (Fsp3) is 0.273. The maximum Gasteiger partial charge on any atom is 0.322 e. The molecule has 108 valence electrons. The van der Waals surface area contributed by atoms with Crippen LogP contribution in [0.3, 0.4) is 0 Å². The van der Waals surface area contributed by atoms with Crippen LogP contribution in [-0.2, 0) is 20.6 Å². The van der Waals surface area contributed by atoms with Crippen molar-refractivity contribution in [3.8, 4) is 0 Å². The predicted octanol–water partition coefficient (Wildman–Crippen LogP) is -0.547. The van der Waals surface area contributed by atoms with Gasteiger partial charge in [-0.2, -0.15) is 0 Å². The molecule has 7 nitrogen and oxygen atoms in total. The van der Waals surface area contributed by atoms with Crippen molar-refractivity contribution in [2.45, 2.75) is 11.8 Å². The summed E-state index contributed by atoms with van der Waals surface area (Å²) in [6.07, 6.45) is 0. The van der Waals surface area contributed by atoms with E-state index in [-0.39, 0.29) is 12.3 Å².